The van der Waals surface area contributed by atoms with Crippen LogP contribution in [-0.4, -0.2) is 36.4 Å². The smallest absolute Gasteiger partial charge is 0.478 e. The van der Waals surface area contributed by atoms with Crippen LogP contribution in [0.4, 0.5) is 0 Å². The van der Waals surface area contributed by atoms with E-state index in [0.29, 0.717) is 12.1 Å². The van der Waals surface area contributed by atoms with Crippen LogP contribution >= 0.6 is 0 Å². The first-order valence-corrected chi connectivity index (χ1v) is 7.46. The summed E-state index contributed by atoms with van der Waals surface area (Å²) in [5.74, 6) is -0.938. The van der Waals surface area contributed by atoms with Crippen LogP contribution in [0.25, 0.3) is 0 Å². The third kappa shape index (κ3) is 2.91. The fraction of sp³-hybridized carbons (Fsp3) is 0.562. The molecule has 22 heavy (non-hydrogen) atoms. The van der Waals surface area contributed by atoms with E-state index in [2.05, 4.69) is 5.32 Å². The van der Waals surface area contributed by atoms with Crippen molar-refractivity contribution in [3.63, 3.8) is 0 Å². The third-order valence-electron chi connectivity index (χ3n) is 4.60. The van der Waals surface area contributed by atoms with Gasteiger partial charge in [-0.2, -0.15) is 0 Å². The van der Waals surface area contributed by atoms with E-state index in [9.17, 15) is 9.90 Å². The Hall–Kier alpha value is -1.37. The number of nitrogens with one attached hydrogen (secondary N) is 1. The molecular weight excluding hydrogens is 281 g/mol. The summed E-state index contributed by atoms with van der Waals surface area (Å²) in [5.41, 5.74) is 1.85. The number of aromatic carboxylic acids is 1. The first-order chi connectivity index (χ1) is 10.1. The zero-order valence-electron chi connectivity index (χ0n) is 14.1. The summed E-state index contributed by atoms with van der Waals surface area (Å²) < 4.78 is 12.0. The summed E-state index contributed by atoms with van der Waals surface area (Å²) in [6.07, 6.45) is 0. The number of carbonyl (C=O) groups is 1. The van der Waals surface area contributed by atoms with E-state index in [4.69, 9.17) is 9.31 Å². The van der Waals surface area contributed by atoms with Crippen molar-refractivity contribution in [2.24, 2.45) is 0 Å². The molecule has 1 aromatic carbocycles. The summed E-state index contributed by atoms with van der Waals surface area (Å²) in [7, 11) is 1.25. The molecule has 1 aliphatic heterocycles. The third-order valence-corrected chi connectivity index (χ3v) is 4.60. The number of carboxylic acids is 1. The van der Waals surface area contributed by atoms with Crippen molar-refractivity contribution < 1.29 is 19.2 Å². The number of aryl methyl sites for hydroxylation is 1. The molecule has 1 saturated heterocycles. The highest BCUT2D eigenvalue weighted by molar-refractivity contribution is 6.62. The van der Waals surface area contributed by atoms with Crippen LogP contribution in [0, 0.1) is 6.92 Å². The summed E-state index contributed by atoms with van der Waals surface area (Å²) in [5, 5.41) is 12.5. The van der Waals surface area contributed by atoms with Crippen molar-refractivity contribution in [1.82, 2.24) is 5.32 Å². The summed E-state index contributed by atoms with van der Waals surface area (Å²) in [6, 6.07) is 3.60. The molecule has 1 aromatic rings. The Bertz CT molecular complexity index is 582. The molecule has 0 aromatic heterocycles. The van der Waals surface area contributed by atoms with Gasteiger partial charge in [-0.25, -0.2) is 4.79 Å². The second kappa shape index (κ2) is 5.68. The van der Waals surface area contributed by atoms with Gasteiger partial charge in [-0.05, 0) is 64.3 Å². The van der Waals surface area contributed by atoms with E-state index < -0.39 is 24.3 Å². The minimum Gasteiger partial charge on any atom is -0.478 e. The largest absolute Gasteiger partial charge is 0.494 e. The lowest BCUT2D eigenvalue weighted by Crippen LogP contribution is -2.41. The molecule has 2 N–H and O–H groups in total. The van der Waals surface area contributed by atoms with Crippen LogP contribution in [0.3, 0.4) is 0 Å². The Kier molecular flexibility index (Phi) is 4.39. The maximum Gasteiger partial charge on any atom is 0.494 e. The first kappa shape index (κ1) is 17.0. The van der Waals surface area contributed by atoms with Gasteiger partial charge in [-0.1, -0.05) is 6.07 Å². The van der Waals surface area contributed by atoms with Crippen molar-refractivity contribution in [2.45, 2.75) is 52.4 Å². The summed E-state index contributed by atoms with van der Waals surface area (Å²) in [6.45, 7) is 10.3. The van der Waals surface area contributed by atoms with Crippen LogP contribution in [0.15, 0.2) is 12.1 Å². The minimum absolute atomic E-state index is 0.291. The van der Waals surface area contributed by atoms with Gasteiger partial charge in [0, 0.05) is 6.54 Å². The zero-order chi connectivity index (χ0) is 16.7. The number of benzene rings is 1. The van der Waals surface area contributed by atoms with Crippen LogP contribution in [0.2, 0.25) is 0 Å². The number of rotatable bonds is 4. The van der Waals surface area contributed by atoms with Gasteiger partial charge in [0.25, 0.3) is 0 Å². The lowest BCUT2D eigenvalue weighted by atomic mass is 9.76. The van der Waals surface area contributed by atoms with Crippen molar-refractivity contribution in [2.75, 3.05) is 7.05 Å². The average molecular weight is 305 g/mol. The molecule has 6 heteroatoms. The molecule has 1 aliphatic rings. The molecule has 0 spiro atoms. The lowest BCUT2D eigenvalue weighted by Gasteiger charge is -2.32. The molecule has 1 heterocycles. The molecule has 0 radical (unpaired) electrons. The molecule has 0 amide bonds. The summed E-state index contributed by atoms with van der Waals surface area (Å²) >= 11 is 0. The maximum atomic E-state index is 11.6. The molecule has 2 rings (SSSR count). The fourth-order valence-electron chi connectivity index (χ4n) is 2.56. The number of hydrogen-bond donors (Lipinski definition) is 2. The molecule has 1 fully saturated rings. The van der Waals surface area contributed by atoms with Gasteiger partial charge >= 0.3 is 13.1 Å². The van der Waals surface area contributed by atoms with Gasteiger partial charge in [-0.3, -0.25) is 0 Å². The van der Waals surface area contributed by atoms with Crippen molar-refractivity contribution in [3.8, 4) is 0 Å². The predicted octanol–water partition coefficient (Wildman–Crippen LogP) is 1.71. The zero-order valence-corrected chi connectivity index (χ0v) is 14.1. The van der Waals surface area contributed by atoms with E-state index in [-0.39, 0.29) is 0 Å². The van der Waals surface area contributed by atoms with Gasteiger partial charge < -0.3 is 19.7 Å². The average Bonchev–Trinajstić information content (AvgIpc) is 2.60. The maximum absolute atomic E-state index is 11.6. The van der Waals surface area contributed by atoms with E-state index in [1.165, 1.54) is 0 Å². The quantitative estimate of drug-likeness (QED) is 0.829. The highest BCUT2D eigenvalue weighted by Crippen LogP contribution is 2.36. The first-order valence-electron chi connectivity index (χ1n) is 7.46. The normalized spacial score (nSPS) is 19.5. The van der Waals surface area contributed by atoms with Gasteiger partial charge in [0.15, 0.2) is 0 Å². The number of carboxylic acid groups (broad SMARTS) is 1. The highest BCUT2D eigenvalue weighted by atomic mass is 16.7. The van der Waals surface area contributed by atoms with Crippen molar-refractivity contribution >= 4 is 18.6 Å². The Balaban J connectivity index is 2.44. The van der Waals surface area contributed by atoms with Crippen LogP contribution in [0.5, 0.6) is 0 Å². The fourth-order valence-corrected chi connectivity index (χ4v) is 2.56. The van der Waals surface area contributed by atoms with E-state index in [1.807, 2.05) is 40.7 Å². The molecule has 0 atom stereocenters. The Morgan fingerprint density at radius 2 is 1.77 bits per heavy atom. The van der Waals surface area contributed by atoms with Gasteiger partial charge in [0.2, 0.25) is 0 Å². The lowest BCUT2D eigenvalue weighted by molar-refractivity contribution is 0.00578. The molecular formula is C16H24BNO4. The van der Waals surface area contributed by atoms with E-state index >= 15 is 0 Å². The molecule has 0 saturated carbocycles. The van der Waals surface area contributed by atoms with Gasteiger partial charge in [0.1, 0.15) is 0 Å². The molecule has 5 nitrogen and oxygen atoms in total. The van der Waals surface area contributed by atoms with Crippen LogP contribution in [-0.2, 0) is 15.9 Å². The Morgan fingerprint density at radius 3 is 2.23 bits per heavy atom. The molecule has 120 valence electrons. The van der Waals surface area contributed by atoms with Crippen LogP contribution in [0.1, 0.15) is 49.2 Å². The van der Waals surface area contributed by atoms with Crippen molar-refractivity contribution in [3.05, 3.63) is 28.8 Å². The van der Waals surface area contributed by atoms with E-state index in [0.717, 1.165) is 16.6 Å². The van der Waals surface area contributed by atoms with Gasteiger partial charge in [-0.15, -0.1) is 0 Å². The monoisotopic (exact) mass is 305 g/mol. The molecule has 0 bridgehead atoms. The molecule has 0 aliphatic carbocycles. The van der Waals surface area contributed by atoms with E-state index in [1.54, 1.807) is 13.1 Å². The number of hydrogen-bond acceptors (Lipinski definition) is 4. The minimum atomic E-state index is -0.938. The van der Waals surface area contributed by atoms with Crippen LogP contribution < -0.4 is 10.8 Å². The standard InChI is InChI=1S/C16H24BNO4/c1-10-7-11(8-12(14(19)20)13(10)9-18-6)17-21-15(2,3)16(4,5)22-17/h7-8,18H,9H2,1-6H3,(H,19,20). The predicted molar refractivity (Wildman–Crippen MR) is 86.6 cm³/mol. The Labute approximate surface area is 132 Å². The SMILES string of the molecule is CNCc1c(C)cc(B2OC(C)(C)C(C)(C)O2)cc1C(=O)O. The second-order valence-electron chi connectivity index (χ2n) is 6.79. The summed E-state index contributed by atoms with van der Waals surface area (Å²) in [4.78, 5) is 11.6. The molecule has 0 unspecified atom stereocenters. The second-order valence-corrected chi connectivity index (χ2v) is 6.79. The topological polar surface area (TPSA) is 67.8 Å². The highest BCUT2D eigenvalue weighted by Gasteiger charge is 2.51. The van der Waals surface area contributed by atoms with Crippen molar-refractivity contribution in [1.29, 1.82) is 0 Å². The van der Waals surface area contributed by atoms with Gasteiger partial charge in [0.05, 0.1) is 16.8 Å². The Morgan fingerprint density at radius 1 is 1.23 bits per heavy atom.